The smallest absolute Gasteiger partial charge is 0.265 e. The number of amides is 1. The van der Waals surface area contributed by atoms with E-state index in [-0.39, 0.29) is 11.3 Å². The molecule has 2 aromatic carbocycles. The predicted octanol–water partition coefficient (Wildman–Crippen LogP) is 4.95. The number of benzene rings is 2. The van der Waals surface area contributed by atoms with Crippen molar-refractivity contribution < 1.29 is 14.3 Å². The molecular weight excluding hydrogens is 326 g/mol. The zero-order chi connectivity index (χ0) is 19.2. The Bertz CT molecular complexity index is 745. The fourth-order valence-electron chi connectivity index (χ4n) is 2.35. The zero-order valence-electron chi connectivity index (χ0n) is 15.9. The number of hydrogen-bond acceptors (Lipinski definition) is 3. The molecule has 0 saturated heterocycles. The van der Waals surface area contributed by atoms with Crippen LogP contribution in [0.3, 0.4) is 0 Å². The van der Waals surface area contributed by atoms with Crippen molar-refractivity contribution in [3.05, 3.63) is 66.7 Å². The van der Waals surface area contributed by atoms with E-state index in [2.05, 4.69) is 32.7 Å². The van der Waals surface area contributed by atoms with Gasteiger partial charge in [-0.3, -0.25) is 4.79 Å². The highest BCUT2D eigenvalue weighted by Gasteiger charge is 2.17. The van der Waals surface area contributed by atoms with Crippen LogP contribution in [0.25, 0.3) is 0 Å². The van der Waals surface area contributed by atoms with Gasteiger partial charge in [-0.1, -0.05) is 51.6 Å². The largest absolute Gasteiger partial charge is 0.489 e. The summed E-state index contributed by atoms with van der Waals surface area (Å²) in [6, 6.07) is 15.1. The molecule has 26 heavy (non-hydrogen) atoms. The Balaban J connectivity index is 1.96. The van der Waals surface area contributed by atoms with E-state index in [1.54, 1.807) is 19.1 Å². The second-order valence-corrected chi connectivity index (χ2v) is 7.15. The maximum absolute atomic E-state index is 12.4. The first-order chi connectivity index (χ1) is 12.3. The Morgan fingerprint density at radius 1 is 1.15 bits per heavy atom. The van der Waals surface area contributed by atoms with Crippen molar-refractivity contribution in [2.75, 3.05) is 11.9 Å². The van der Waals surface area contributed by atoms with Crippen molar-refractivity contribution >= 4 is 11.6 Å². The van der Waals surface area contributed by atoms with Crippen LogP contribution >= 0.6 is 0 Å². The molecular formula is C22H27NO3. The molecule has 1 unspecified atom stereocenters. The molecule has 4 heteroatoms. The summed E-state index contributed by atoms with van der Waals surface area (Å²) in [6.45, 7) is 12.2. The first-order valence-corrected chi connectivity index (χ1v) is 8.71. The molecule has 0 spiro atoms. The summed E-state index contributed by atoms with van der Waals surface area (Å²) in [5, 5.41) is 2.84. The number of anilines is 1. The van der Waals surface area contributed by atoms with Crippen LogP contribution in [0.2, 0.25) is 0 Å². The van der Waals surface area contributed by atoms with Crippen molar-refractivity contribution in [3.8, 4) is 11.5 Å². The first kappa shape index (κ1) is 19.6. The zero-order valence-corrected chi connectivity index (χ0v) is 15.9. The van der Waals surface area contributed by atoms with Gasteiger partial charge in [-0.2, -0.15) is 0 Å². The Morgan fingerprint density at radius 3 is 2.46 bits per heavy atom. The van der Waals surface area contributed by atoms with Gasteiger partial charge in [0.1, 0.15) is 18.1 Å². The number of hydrogen-bond donors (Lipinski definition) is 1. The quantitative estimate of drug-likeness (QED) is 0.716. The number of nitrogens with one attached hydrogen (secondary N) is 1. The molecule has 1 N–H and O–H groups in total. The van der Waals surface area contributed by atoms with E-state index in [1.165, 1.54) is 5.56 Å². The van der Waals surface area contributed by atoms with Gasteiger partial charge in [0.05, 0.1) is 0 Å². The highest BCUT2D eigenvalue weighted by atomic mass is 16.5. The van der Waals surface area contributed by atoms with Gasteiger partial charge in [-0.15, -0.1) is 0 Å². The van der Waals surface area contributed by atoms with E-state index < -0.39 is 6.10 Å². The minimum Gasteiger partial charge on any atom is -0.489 e. The van der Waals surface area contributed by atoms with Crippen LogP contribution in [0.5, 0.6) is 11.5 Å². The Morgan fingerprint density at radius 2 is 1.85 bits per heavy atom. The third-order valence-corrected chi connectivity index (χ3v) is 3.87. The van der Waals surface area contributed by atoms with Gasteiger partial charge in [0, 0.05) is 11.8 Å². The molecule has 0 fully saturated rings. The minimum atomic E-state index is -0.617. The molecule has 0 radical (unpaired) electrons. The fourth-order valence-corrected chi connectivity index (χ4v) is 2.35. The van der Waals surface area contributed by atoms with Crippen LogP contribution < -0.4 is 14.8 Å². The second-order valence-electron chi connectivity index (χ2n) is 7.15. The first-order valence-electron chi connectivity index (χ1n) is 8.71. The van der Waals surface area contributed by atoms with Gasteiger partial charge in [-0.05, 0) is 42.2 Å². The van der Waals surface area contributed by atoms with Gasteiger partial charge in [-0.25, -0.2) is 0 Å². The summed E-state index contributed by atoms with van der Waals surface area (Å²) in [5.74, 6) is 1.13. The molecule has 2 rings (SSSR count). The molecule has 138 valence electrons. The molecule has 0 aliphatic heterocycles. The van der Waals surface area contributed by atoms with Crippen LogP contribution in [0.15, 0.2) is 61.2 Å². The molecule has 1 atom stereocenters. The van der Waals surface area contributed by atoms with E-state index in [9.17, 15) is 4.79 Å². The molecule has 0 saturated carbocycles. The maximum Gasteiger partial charge on any atom is 0.265 e. The van der Waals surface area contributed by atoms with Crippen LogP contribution in [-0.2, 0) is 10.2 Å². The van der Waals surface area contributed by atoms with Crippen molar-refractivity contribution in [1.29, 1.82) is 0 Å². The lowest BCUT2D eigenvalue weighted by Gasteiger charge is -2.20. The summed E-state index contributed by atoms with van der Waals surface area (Å²) in [5.41, 5.74) is 1.97. The molecule has 0 bridgehead atoms. The SMILES string of the molecule is C=CCOc1cccc(NC(=O)C(C)Oc2ccc(C(C)(C)C)cc2)c1. The van der Waals surface area contributed by atoms with E-state index in [0.29, 0.717) is 23.8 Å². The van der Waals surface area contributed by atoms with Crippen LogP contribution in [-0.4, -0.2) is 18.6 Å². The van der Waals surface area contributed by atoms with E-state index in [1.807, 2.05) is 42.5 Å². The lowest BCUT2D eigenvalue weighted by atomic mass is 9.87. The molecule has 0 aliphatic carbocycles. The average molecular weight is 353 g/mol. The standard InChI is InChI=1S/C22H27NO3/c1-6-14-25-20-9-7-8-18(15-20)23-21(24)16(2)26-19-12-10-17(11-13-19)22(3,4)5/h6-13,15-16H,1,14H2,2-5H3,(H,23,24). The summed E-state index contributed by atoms with van der Waals surface area (Å²) in [7, 11) is 0. The maximum atomic E-state index is 12.4. The molecule has 0 aliphatic rings. The van der Waals surface area contributed by atoms with Crippen molar-refractivity contribution in [3.63, 3.8) is 0 Å². The van der Waals surface area contributed by atoms with Gasteiger partial charge in [0.15, 0.2) is 6.10 Å². The van der Waals surface area contributed by atoms with Crippen LogP contribution in [0, 0.1) is 0 Å². The summed E-state index contributed by atoms with van der Waals surface area (Å²) in [6.07, 6.45) is 1.06. The van der Waals surface area contributed by atoms with Crippen LogP contribution in [0.4, 0.5) is 5.69 Å². The summed E-state index contributed by atoms with van der Waals surface area (Å²) < 4.78 is 11.2. The third kappa shape index (κ3) is 5.66. The van der Waals surface area contributed by atoms with Crippen molar-refractivity contribution in [1.82, 2.24) is 0 Å². The number of ether oxygens (including phenoxy) is 2. The molecule has 4 nitrogen and oxygen atoms in total. The number of rotatable bonds is 7. The predicted molar refractivity (Wildman–Crippen MR) is 106 cm³/mol. The van der Waals surface area contributed by atoms with Crippen LogP contribution in [0.1, 0.15) is 33.3 Å². The molecule has 0 aromatic heterocycles. The van der Waals surface area contributed by atoms with E-state index in [0.717, 1.165) is 0 Å². The van der Waals surface area contributed by atoms with Crippen molar-refractivity contribution in [2.45, 2.75) is 39.2 Å². The molecule has 2 aromatic rings. The third-order valence-electron chi connectivity index (χ3n) is 3.87. The summed E-state index contributed by atoms with van der Waals surface area (Å²) >= 11 is 0. The summed E-state index contributed by atoms with van der Waals surface area (Å²) in [4.78, 5) is 12.4. The molecule has 0 heterocycles. The van der Waals surface area contributed by atoms with Gasteiger partial charge in [0.25, 0.3) is 5.91 Å². The number of carbonyl (C=O) groups is 1. The highest BCUT2D eigenvalue weighted by Crippen LogP contribution is 2.25. The Kier molecular flexibility index (Phi) is 6.45. The van der Waals surface area contributed by atoms with Crippen molar-refractivity contribution in [2.24, 2.45) is 0 Å². The monoisotopic (exact) mass is 353 g/mol. The van der Waals surface area contributed by atoms with Gasteiger partial charge < -0.3 is 14.8 Å². The minimum absolute atomic E-state index is 0.0835. The average Bonchev–Trinajstić information content (AvgIpc) is 2.60. The fraction of sp³-hybridized carbons (Fsp3) is 0.318. The number of carbonyl (C=O) groups excluding carboxylic acids is 1. The second kappa shape index (κ2) is 8.56. The van der Waals surface area contributed by atoms with Gasteiger partial charge >= 0.3 is 0 Å². The Hall–Kier alpha value is -2.75. The molecule has 1 amide bonds. The van der Waals surface area contributed by atoms with E-state index >= 15 is 0 Å². The van der Waals surface area contributed by atoms with E-state index in [4.69, 9.17) is 9.47 Å². The Labute approximate surface area is 155 Å². The lowest BCUT2D eigenvalue weighted by molar-refractivity contribution is -0.122. The topological polar surface area (TPSA) is 47.6 Å². The van der Waals surface area contributed by atoms with Gasteiger partial charge in [0.2, 0.25) is 0 Å². The normalized spacial score (nSPS) is 12.2. The lowest BCUT2D eigenvalue weighted by Crippen LogP contribution is -2.30. The highest BCUT2D eigenvalue weighted by molar-refractivity contribution is 5.94.